The second kappa shape index (κ2) is 6.53. The average Bonchev–Trinajstić information content (AvgIpc) is 2.29. The molecule has 0 amide bonds. The molecule has 1 N–H and O–H groups in total. The summed E-state index contributed by atoms with van der Waals surface area (Å²) in [6.07, 6.45) is 1.85. The SMILES string of the molecule is CCN(Cc1ccccn1)CC(C)NC. The van der Waals surface area contributed by atoms with Gasteiger partial charge in [-0.05, 0) is 32.6 Å². The molecule has 0 aliphatic carbocycles. The quantitative estimate of drug-likeness (QED) is 0.766. The van der Waals surface area contributed by atoms with E-state index in [1.807, 2.05) is 25.4 Å². The van der Waals surface area contributed by atoms with Crippen LogP contribution in [0.15, 0.2) is 24.4 Å². The van der Waals surface area contributed by atoms with Gasteiger partial charge in [0, 0.05) is 25.3 Å². The van der Waals surface area contributed by atoms with Crippen LogP contribution in [0.4, 0.5) is 0 Å². The molecule has 0 spiro atoms. The van der Waals surface area contributed by atoms with E-state index in [0.29, 0.717) is 6.04 Å². The third-order valence-electron chi connectivity index (χ3n) is 2.58. The van der Waals surface area contributed by atoms with Crippen molar-refractivity contribution >= 4 is 0 Å². The lowest BCUT2D eigenvalue weighted by Gasteiger charge is -2.23. The normalized spacial score (nSPS) is 13.1. The third kappa shape index (κ3) is 4.40. The summed E-state index contributed by atoms with van der Waals surface area (Å²) in [6, 6.07) is 6.59. The highest BCUT2D eigenvalue weighted by molar-refractivity contribution is 5.03. The van der Waals surface area contributed by atoms with Gasteiger partial charge in [-0.25, -0.2) is 0 Å². The fraction of sp³-hybridized carbons (Fsp3) is 0.583. The van der Waals surface area contributed by atoms with Gasteiger partial charge in [0.2, 0.25) is 0 Å². The maximum atomic E-state index is 4.34. The molecule has 3 nitrogen and oxygen atoms in total. The maximum absolute atomic E-state index is 4.34. The molecular formula is C12H21N3. The van der Waals surface area contributed by atoms with E-state index in [1.54, 1.807) is 0 Å². The summed E-state index contributed by atoms with van der Waals surface area (Å²) in [5.74, 6) is 0. The van der Waals surface area contributed by atoms with E-state index >= 15 is 0 Å². The van der Waals surface area contributed by atoms with E-state index < -0.39 is 0 Å². The van der Waals surface area contributed by atoms with Crippen LogP contribution in [0.5, 0.6) is 0 Å². The van der Waals surface area contributed by atoms with E-state index in [1.165, 1.54) is 0 Å². The summed E-state index contributed by atoms with van der Waals surface area (Å²) in [7, 11) is 2.00. The van der Waals surface area contributed by atoms with Crippen molar-refractivity contribution in [2.75, 3.05) is 20.1 Å². The van der Waals surface area contributed by atoms with Crippen LogP contribution in [0.1, 0.15) is 19.5 Å². The summed E-state index contributed by atoms with van der Waals surface area (Å²) in [4.78, 5) is 6.73. The number of hydrogen-bond acceptors (Lipinski definition) is 3. The minimum absolute atomic E-state index is 0.522. The van der Waals surface area contributed by atoms with Gasteiger partial charge < -0.3 is 5.32 Å². The summed E-state index contributed by atoms with van der Waals surface area (Å²) in [6.45, 7) is 7.43. The third-order valence-corrected chi connectivity index (χ3v) is 2.58. The van der Waals surface area contributed by atoms with Gasteiger partial charge in [-0.3, -0.25) is 9.88 Å². The topological polar surface area (TPSA) is 28.2 Å². The largest absolute Gasteiger partial charge is 0.316 e. The molecule has 84 valence electrons. The lowest BCUT2D eigenvalue weighted by Crippen LogP contribution is -2.37. The number of rotatable bonds is 6. The fourth-order valence-corrected chi connectivity index (χ4v) is 1.50. The first-order chi connectivity index (χ1) is 7.26. The standard InChI is InChI=1S/C12H21N3/c1-4-15(9-11(2)13-3)10-12-7-5-6-8-14-12/h5-8,11,13H,4,9-10H2,1-3H3. The van der Waals surface area contributed by atoms with E-state index in [0.717, 1.165) is 25.3 Å². The molecular weight excluding hydrogens is 186 g/mol. The van der Waals surface area contributed by atoms with Gasteiger partial charge in [-0.2, -0.15) is 0 Å². The molecule has 1 unspecified atom stereocenters. The zero-order valence-corrected chi connectivity index (χ0v) is 9.90. The molecule has 0 saturated carbocycles. The Morgan fingerprint density at radius 1 is 1.47 bits per heavy atom. The molecule has 1 atom stereocenters. The van der Waals surface area contributed by atoms with Crippen LogP contribution in [-0.4, -0.2) is 36.1 Å². The van der Waals surface area contributed by atoms with Crippen molar-refractivity contribution in [3.63, 3.8) is 0 Å². The number of hydrogen-bond donors (Lipinski definition) is 1. The Kier molecular flexibility index (Phi) is 5.29. The van der Waals surface area contributed by atoms with Gasteiger partial charge in [0.1, 0.15) is 0 Å². The predicted octanol–water partition coefficient (Wildman–Crippen LogP) is 1.51. The average molecular weight is 207 g/mol. The number of nitrogens with one attached hydrogen (secondary N) is 1. The number of nitrogens with zero attached hydrogens (tertiary/aromatic N) is 2. The van der Waals surface area contributed by atoms with Crippen molar-refractivity contribution in [2.45, 2.75) is 26.4 Å². The summed E-state index contributed by atoms with van der Waals surface area (Å²) < 4.78 is 0. The van der Waals surface area contributed by atoms with Crippen LogP contribution in [0.2, 0.25) is 0 Å². The lowest BCUT2D eigenvalue weighted by atomic mass is 10.2. The van der Waals surface area contributed by atoms with Gasteiger partial charge in [0.15, 0.2) is 0 Å². The van der Waals surface area contributed by atoms with Gasteiger partial charge in [-0.1, -0.05) is 13.0 Å². The first-order valence-corrected chi connectivity index (χ1v) is 5.55. The van der Waals surface area contributed by atoms with Crippen LogP contribution in [-0.2, 0) is 6.54 Å². The van der Waals surface area contributed by atoms with Crippen molar-refractivity contribution in [3.05, 3.63) is 30.1 Å². The zero-order valence-electron chi connectivity index (χ0n) is 9.90. The first-order valence-electron chi connectivity index (χ1n) is 5.55. The van der Waals surface area contributed by atoms with E-state index in [2.05, 4.69) is 35.1 Å². The van der Waals surface area contributed by atoms with Crippen LogP contribution in [0.3, 0.4) is 0 Å². The Hall–Kier alpha value is -0.930. The van der Waals surface area contributed by atoms with Crippen molar-refractivity contribution in [2.24, 2.45) is 0 Å². The summed E-state index contributed by atoms with van der Waals surface area (Å²) in [5.41, 5.74) is 1.14. The molecule has 0 saturated heterocycles. The lowest BCUT2D eigenvalue weighted by molar-refractivity contribution is 0.252. The predicted molar refractivity (Wildman–Crippen MR) is 63.7 cm³/mol. The molecule has 0 aliphatic rings. The number of likely N-dealkylation sites (N-methyl/N-ethyl adjacent to an activating group) is 2. The van der Waals surface area contributed by atoms with Crippen LogP contribution in [0, 0.1) is 0 Å². The summed E-state index contributed by atoms with van der Waals surface area (Å²) >= 11 is 0. The molecule has 0 aromatic carbocycles. The highest BCUT2D eigenvalue weighted by Crippen LogP contribution is 2.01. The van der Waals surface area contributed by atoms with E-state index in [9.17, 15) is 0 Å². The second-order valence-corrected chi connectivity index (χ2v) is 3.84. The van der Waals surface area contributed by atoms with Gasteiger partial charge in [0.25, 0.3) is 0 Å². The highest BCUT2D eigenvalue weighted by Gasteiger charge is 2.07. The molecule has 1 rings (SSSR count). The molecule has 0 bridgehead atoms. The van der Waals surface area contributed by atoms with E-state index in [4.69, 9.17) is 0 Å². The number of pyridine rings is 1. The Morgan fingerprint density at radius 2 is 2.27 bits per heavy atom. The monoisotopic (exact) mass is 207 g/mol. The summed E-state index contributed by atoms with van der Waals surface area (Å²) in [5, 5.41) is 3.25. The van der Waals surface area contributed by atoms with Crippen molar-refractivity contribution in [1.29, 1.82) is 0 Å². The molecule has 0 radical (unpaired) electrons. The highest BCUT2D eigenvalue weighted by atomic mass is 15.1. The molecule has 1 aromatic rings. The van der Waals surface area contributed by atoms with Gasteiger partial charge >= 0.3 is 0 Å². The molecule has 15 heavy (non-hydrogen) atoms. The minimum Gasteiger partial charge on any atom is -0.316 e. The van der Waals surface area contributed by atoms with Crippen molar-refractivity contribution in [3.8, 4) is 0 Å². The Bertz CT molecular complexity index is 261. The number of aromatic nitrogens is 1. The molecule has 0 fully saturated rings. The van der Waals surface area contributed by atoms with Crippen LogP contribution >= 0.6 is 0 Å². The van der Waals surface area contributed by atoms with Crippen LogP contribution in [0.25, 0.3) is 0 Å². The molecule has 1 heterocycles. The first kappa shape index (κ1) is 12.1. The molecule has 0 aliphatic heterocycles. The van der Waals surface area contributed by atoms with Crippen LogP contribution < -0.4 is 5.32 Å². The van der Waals surface area contributed by atoms with Gasteiger partial charge in [0.05, 0.1) is 5.69 Å². The Labute approximate surface area is 92.5 Å². The molecule has 1 aromatic heterocycles. The Balaban J connectivity index is 2.47. The van der Waals surface area contributed by atoms with E-state index in [-0.39, 0.29) is 0 Å². The smallest absolute Gasteiger partial charge is 0.0543 e. The second-order valence-electron chi connectivity index (χ2n) is 3.84. The van der Waals surface area contributed by atoms with Crippen molar-refractivity contribution < 1.29 is 0 Å². The van der Waals surface area contributed by atoms with Gasteiger partial charge in [-0.15, -0.1) is 0 Å². The zero-order chi connectivity index (χ0) is 11.1. The minimum atomic E-state index is 0.522. The van der Waals surface area contributed by atoms with Crippen molar-refractivity contribution in [1.82, 2.24) is 15.2 Å². The Morgan fingerprint density at radius 3 is 2.80 bits per heavy atom. The fourth-order valence-electron chi connectivity index (χ4n) is 1.50. The molecule has 3 heteroatoms. The maximum Gasteiger partial charge on any atom is 0.0543 e.